The van der Waals surface area contributed by atoms with Crippen molar-refractivity contribution >= 4 is 29.1 Å². The number of carbonyl (C=O) groups excluding carboxylic acids is 3. The Morgan fingerprint density at radius 1 is 1.05 bits per heavy atom. The predicted octanol–water partition coefficient (Wildman–Crippen LogP) is 7.09. The van der Waals surface area contributed by atoms with Crippen LogP contribution in [0.5, 0.6) is 0 Å². The maximum absolute atomic E-state index is 14.5. The molecule has 0 heterocycles. The van der Waals surface area contributed by atoms with Gasteiger partial charge in [0.1, 0.15) is 6.07 Å². The second kappa shape index (κ2) is 9.29. The molecule has 5 rings (SSSR count). The molecule has 0 radical (unpaired) electrons. The molecule has 218 valence electrons. The summed E-state index contributed by atoms with van der Waals surface area (Å²) in [6.45, 7) is 15.4. The predicted molar refractivity (Wildman–Crippen MR) is 157 cm³/mol. The van der Waals surface area contributed by atoms with Crippen LogP contribution in [0.25, 0.3) is 0 Å². The average Bonchev–Trinajstić information content (AvgIpc) is 2.87. The topological polar surface area (TPSA) is 87.0 Å². The lowest BCUT2D eigenvalue weighted by Gasteiger charge is -2.69. The first kappa shape index (κ1) is 29.6. The Labute approximate surface area is 245 Å². The molecule has 40 heavy (non-hydrogen) atoms. The fourth-order valence-electron chi connectivity index (χ4n) is 10.5. The zero-order valence-electron chi connectivity index (χ0n) is 25.5. The number of nitrogens with one attached hydrogen (secondary N) is 1. The number of amides is 1. The molecule has 0 bridgehead atoms. The quantitative estimate of drug-likeness (QED) is 0.368. The van der Waals surface area contributed by atoms with Crippen LogP contribution in [0.4, 0.5) is 0 Å². The number of hydrogen-bond donors (Lipinski definition) is 1. The van der Waals surface area contributed by atoms with Gasteiger partial charge in [-0.1, -0.05) is 53.2 Å². The highest BCUT2D eigenvalue weighted by molar-refractivity contribution is 6.17. The summed E-state index contributed by atoms with van der Waals surface area (Å²) < 4.78 is 0. The zero-order chi connectivity index (χ0) is 29.5. The van der Waals surface area contributed by atoms with Gasteiger partial charge in [0.25, 0.3) is 0 Å². The van der Waals surface area contributed by atoms with E-state index in [1.165, 1.54) is 0 Å². The fraction of sp³-hybridized carbons (Fsp3) is 0.765. The van der Waals surface area contributed by atoms with Crippen molar-refractivity contribution in [1.29, 1.82) is 5.26 Å². The van der Waals surface area contributed by atoms with Gasteiger partial charge in [-0.3, -0.25) is 14.4 Å². The van der Waals surface area contributed by atoms with E-state index in [-0.39, 0.29) is 62.6 Å². The van der Waals surface area contributed by atoms with E-state index >= 15 is 0 Å². The van der Waals surface area contributed by atoms with Gasteiger partial charge in [0, 0.05) is 34.6 Å². The SMILES string of the molecule is CC1(C)C(=O)C(C#N)=C[C@]2(C)C3=CC(=O)[C@@H]4[C@@H]5C[C@@](C)(NC(=O)CCCCl)CC[C@]5(C)CC[C@@]4(C)[C@]3(C)CC[C@@H]12. The van der Waals surface area contributed by atoms with E-state index in [4.69, 9.17) is 11.6 Å². The Balaban J connectivity index is 1.58. The molecule has 1 N–H and O–H groups in total. The molecule has 0 saturated heterocycles. The van der Waals surface area contributed by atoms with E-state index in [1.54, 1.807) is 0 Å². The first-order chi connectivity index (χ1) is 18.5. The van der Waals surface area contributed by atoms with Gasteiger partial charge in [-0.2, -0.15) is 5.26 Å². The number of nitrogens with zero attached hydrogens (tertiary/aromatic N) is 1. The summed E-state index contributed by atoms with van der Waals surface area (Å²) in [5.74, 6) is 0.770. The summed E-state index contributed by atoms with van der Waals surface area (Å²) >= 11 is 5.84. The minimum Gasteiger partial charge on any atom is -0.351 e. The largest absolute Gasteiger partial charge is 0.351 e. The zero-order valence-corrected chi connectivity index (χ0v) is 26.3. The Kier molecular flexibility index (Phi) is 6.86. The van der Waals surface area contributed by atoms with Gasteiger partial charge in [-0.25, -0.2) is 0 Å². The highest BCUT2D eigenvalue weighted by Crippen LogP contribution is 2.74. The molecule has 3 saturated carbocycles. The minimum absolute atomic E-state index is 0.0481. The molecule has 0 unspecified atom stereocenters. The number of nitriles is 1. The molecular weight excluding hydrogens is 520 g/mol. The second-order valence-electron chi connectivity index (χ2n) is 15.6. The number of Topliss-reactive ketones (excluding diaryl/α,β-unsaturated/α-hetero) is 1. The van der Waals surface area contributed by atoms with E-state index in [0.717, 1.165) is 50.5 Å². The van der Waals surface area contributed by atoms with Crippen LogP contribution in [0.3, 0.4) is 0 Å². The summed E-state index contributed by atoms with van der Waals surface area (Å²) in [6, 6.07) is 2.19. The Hall–Kier alpha value is -1.93. The number of rotatable bonds is 4. The van der Waals surface area contributed by atoms with Crippen molar-refractivity contribution < 1.29 is 14.4 Å². The van der Waals surface area contributed by atoms with Crippen LogP contribution in [0, 0.1) is 56.2 Å². The Morgan fingerprint density at radius 3 is 2.38 bits per heavy atom. The minimum atomic E-state index is -0.657. The van der Waals surface area contributed by atoms with Crippen molar-refractivity contribution in [2.24, 2.45) is 44.8 Å². The van der Waals surface area contributed by atoms with Gasteiger partial charge in [0.2, 0.25) is 5.91 Å². The molecule has 0 aromatic heterocycles. The van der Waals surface area contributed by atoms with Crippen LogP contribution < -0.4 is 5.32 Å². The lowest BCUT2D eigenvalue weighted by Crippen LogP contribution is -2.65. The van der Waals surface area contributed by atoms with E-state index in [9.17, 15) is 19.6 Å². The average molecular weight is 567 g/mol. The highest BCUT2D eigenvalue weighted by atomic mass is 35.5. The maximum atomic E-state index is 14.5. The number of allylic oxidation sites excluding steroid dienone is 4. The third-order valence-corrected chi connectivity index (χ3v) is 13.3. The molecule has 1 amide bonds. The number of ketones is 2. The van der Waals surface area contributed by atoms with E-state index in [2.05, 4.69) is 46.0 Å². The molecule has 0 aromatic carbocycles. The van der Waals surface area contributed by atoms with Crippen molar-refractivity contribution in [2.75, 3.05) is 5.88 Å². The van der Waals surface area contributed by atoms with Gasteiger partial charge in [-0.15, -0.1) is 11.6 Å². The summed E-state index contributed by atoms with van der Waals surface area (Å²) in [6.07, 6.45) is 11.6. The molecule has 8 atom stereocenters. The van der Waals surface area contributed by atoms with Gasteiger partial charge < -0.3 is 5.32 Å². The van der Waals surface area contributed by atoms with Crippen LogP contribution >= 0.6 is 11.6 Å². The number of fused-ring (bicyclic) bond motifs is 7. The van der Waals surface area contributed by atoms with Gasteiger partial charge in [0.05, 0.1) is 5.57 Å². The molecule has 0 aromatic rings. The van der Waals surface area contributed by atoms with Crippen molar-refractivity contribution in [1.82, 2.24) is 5.32 Å². The van der Waals surface area contributed by atoms with E-state index in [1.807, 2.05) is 26.0 Å². The van der Waals surface area contributed by atoms with Crippen molar-refractivity contribution in [3.05, 3.63) is 23.3 Å². The van der Waals surface area contributed by atoms with Crippen molar-refractivity contribution in [3.8, 4) is 6.07 Å². The lowest BCUT2D eigenvalue weighted by atomic mass is 9.34. The van der Waals surface area contributed by atoms with E-state index < -0.39 is 10.8 Å². The summed E-state index contributed by atoms with van der Waals surface area (Å²) in [7, 11) is 0. The summed E-state index contributed by atoms with van der Waals surface area (Å²) in [5.41, 5.74) is -0.535. The van der Waals surface area contributed by atoms with Gasteiger partial charge in [0.15, 0.2) is 11.6 Å². The normalized spacial score (nSPS) is 45.5. The summed E-state index contributed by atoms with van der Waals surface area (Å²) in [4.78, 5) is 40.5. The smallest absolute Gasteiger partial charge is 0.220 e. The van der Waals surface area contributed by atoms with Crippen LogP contribution in [0.2, 0.25) is 0 Å². The molecule has 3 fully saturated rings. The number of halogens is 1. The Bertz CT molecular complexity index is 1260. The molecule has 6 heteroatoms. The van der Waals surface area contributed by atoms with Crippen molar-refractivity contribution in [3.63, 3.8) is 0 Å². The van der Waals surface area contributed by atoms with Crippen LogP contribution in [-0.4, -0.2) is 28.9 Å². The first-order valence-corrected chi connectivity index (χ1v) is 15.9. The lowest BCUT2D eigenvalue weighted by molar-refractivity contribution is -0.166. The summed E-state index contributed by atoms with van der Waals surface area (Å²) in [5, 5.41) is 13.2. The molecule has 0 spiro atoms. The van der Waals surface area contributed by atoms with Crippen LogP contribution in [-0.2, 0) is 14.4 Å². The number of hydrogen-bond acceptors (Lipinski definition) is 4. The van der Waals surface area contributed by atoms with E-state index in [0.29, 0.717) is 18.7 Å². The third-order valence-electron chi connectivity index (χ3n) is 13.0. The highest BCUT2D eigenvalue weighted by Gasteiger charge is 2.69. The number of carbonyl (C=O) groups is 3. The molecule has 0 aliphatic heterocycles. The van der Waals surface area contributed by atoms with Crippen LogP contribution in [0.1, 0.15) is 106 Å². The fourth-order valence-corrected chi connectivity index (χ4v) is 10.6. The third kappa shape index (κ3) is 3.94. The molecule has 5 nitrogen and oxygen atoms in total. The first-order valence-electron chi connectivity index (χ1n) is 15.3. The molecular formula is C34H47ClN2O3. The Morgan fingerprint density at radius 2 is 1.73 bits per heavy atom. The monoisotopic (exact) mass is 566 g/mol. The van der Waals surface area contributed by atoms with Gasteiger partial charge >= 0.3 is 0 Å². The standard InChI is InChI=1S/C34H47ClN2O3/c1-29(2)24-10-11-33(6)25(32(24,5)18-21(20-36)28(29)40)17-23(38)27-22-19-31(4,37-26(39)9-8-16-35)14-12-30(22,3)13-15-34(27,33)7/h17-18,22,24,27H,8-16,19H2,1-7H3,(H,37,39)/t22-,24-,27-,30+,31-,32-,33+,34+/m0/s1. The van der Waals surface area contributed by atoms with Gasteiger partial charge in [-0.05, 0) is 92.4 Å². The maximum Gasteiger partial charge on any atom is 0.220 e. The molecule has 5 aliphatic carbocycles. The number of alkyl halides is 1. The second-order valence-corrected chi connectivity index (χ2v) is 16.0. The van der Waals surface area contributed by atoms with Crippen LogP contribution in [0.15, 0.2) is 23.3 Å². The molecule has 5 aliphatic rings. The van der Waals surface area contributed by atoms with Crippen molar-refractivity contribution in [2.45, 2.75) is 112 Å².